The largest absolute Gasteiger partial charge is 0.394 e. The Kier molecular flexibility index (Phi) is 7.29. The molecule has 1 saturated heterocycles. The molecule has 2 atom stereocenters. The monoisotopic (exact) mass is 271 g/mol. The number of nitrogens with one attached hydrogen (secondary N) is 1. The van der Waals surface area contributed by atoms with Crippen LogP contribution in [-0.4, -0.2) is 72.9 Å². The van der Waals surface area contributed by atoms with Crippen molar-refractivity contribution in [2.75, 3.05) is 46.4 Å². The highest BCUT2D eigenvalue weighted by Crippen LogP contribution is 2.18. The molecule has 4 nitrogen and oxygen atoms in total. The maximum atomic E-state index is 9.65. The van der Waals surface area contributed by atoms with Crippen LogP contribution < -0.4 is 5.32 Å². The van der Waals surface area contributed by atoms with E-state index in [1.54, 1.807) is 0 Å². The van der Waals surface area contributed by atoms with Gasteiger partial charge in [-0.25, -0.2) is 0 Å². The highest BCUT2D eigenvalue weighted by atomic mass is 16.3. The normalized spacial score (nSPS) is 25.4. The van der Waals surface area contributed by atoms with Gasteiger partial charge in [0, 0.05) is 31.2 Å². The second-order valence-corrected chi connectivity index (χ2v) is 6.07. The fourth-order valence-corrected chi connectivity index (χ4v) is 3.14. The summed E-state index contributed by atoms with van der Waals surface area (Å²) >= 11 is 0. The summed E-state index contributed by atoms with van der Waals surface area (Å²) in [4.78, 5) is 4.99. The van der Waals surface area contributed by atoms with Gasteiger partial charge in [0.2, 0.25) is 0 Å². The Hall–Kier alpha value is -0.160. The van der Waals surface area contributed by atoms with Crippen molar-refractivity contribution >= 4 is 0 Å². The lowest BCUT2D eigenvalue weighted by Gasteiger charge is -2.39. The number of likely N-dealkylation sites (N-methyl/N-ethyl adjacent to an activating group) is 2. The molecule has 0 saturated carbocycles. The highest BCUT2D eigenvalue weighted by Gasteiger charge is 2.27. The minimum atomic E-state index is -0.0649. The molecule has 2 unspecified atom stereocenters. The Balaban J connectivity index is 2.35. The van der Waals surface area contributed by atoms with E-state index >= 15 is 0 Å². The molecule has 19 heavy (non-hydrogen) atoms. The third-order valence-corrected chi connectivity index (χ3v) is 4.60. The van der Waals surface area contributed by atoms with Gasteiger partial charge in [0.1, 0.15) is 0 Å². The van der Waals surface area contributed by atoms with E-state index in [9.17, 15) is 5.11 Å². The molecule has 1 fully saturated rings. The van der Waals surface area contributed by atoms with Crippen molar-refractivity contribution in [1.29, 1.82) is 0 Å². The van der Waals surface area contributed by atoms with Crippen LogP contribution in [0.2, 0.25) is 0 Å². The highest BCUT2D eigenvalue weighted by molar-refractivity contribution is 4.86. The van der Waals surface area contributed by atoms with Crippen molar-refractivity contribution in [3.8, 4) is 0 Å². The second kappa shape index (κ2) is 8.20. The molecule has 1 aliphatic rings. The Morgan fingerprint density at radius 1 is 1.32 bits per heavy atom. The van der Waals surface area contributed by atoms with Crippen LogP contribution in [-0.2, 0) is 0 Å². The summed E-state index contributed by atoms with van der Waals surface area (Å²) in [6.45, 7) is 12.5. The van der Waals surface area contributed by atoms with E-state index in [-0.39, 0.29) is 12.1 Å². The fraction of sp³-hybridized carbons (Fsp3) is 1.00. The predicted molar refractivity (Wildman–Crippen MR) is 81.6 cm³/mol. The van der Waals surface area contributed by atoms with Crippen LogP contribution in [0.25, 0.3) is 0 Å². The Bertz CT molecular complexity index is 244. The molecule has 1 aliphatic heterocycles. The van der Waals surface area contributed by atoms with Crippen LogP contribution in [0.5, 0.6) is 0 Å². The molecule has 0 bridgehead atoms. The number of hydrogen-bond donors (Lipinski definition) is 2. The Labute approximate surface area is 119 Å². The third-order valence-electron chi connectivity index (χ3n) is 4.60. The summed E-state index contributed by atoms with van der Waals surface area (Å²) in [5.41, 5.74) is -0.0649. The molecule has 0 radical (unpaired) electrons. The van der Waals surface area contributed by atoms with Gasteiger partial charge in [0.05, 0.1) is 6.61 Å². The van der Waals surface area contributed by atoms with E-state index in [0.29, 0.717) is 6.04 Å². The fourth-order valence-electron chi connectivity index (χ4n) is 3.14. The molecule has 0 aromatic carbocycles. The summed E-state index contributed by atoms with van der Waals surface area (Å²) in [7, 11) is 2.20. The van der Waals surface area contributed by atoms with Crippen molar-refractivity contribution in [3.63, 3.8) is 0 Å². The summed E-state index contributed by atoms with van der Waals surface area (Å²) in [5.74, 6) is 0. The van der Waals surface area contributed by atoms with Gasteiger partial charge >= 0.3 is 0 Å². The van der Waals surface area contributed by atoms with Gasteiger partial charge in [-0.1, -0.05) is 13.8 Å². The zero-order valence-corrected chi connectivity index (χ0v) is 13.3. The molecule has 114 valence electrons. The number of piperazine rings is 1. The zero-order chi connectivity index (χ0) is 14.3. The maximum Gasteiger partial charge on any atom is 0.0613 e. The minimum Gasteiger partial charge on any atom is -0.394 e. The van der Waals surface area contributed by atoms with Gasteiger partial charge in [-0.2, -0.15) is 0 Å². The lowest BCUT2D eigenvalue weighted by Crippen LogP contribution is -2.51. The van der Waals surface area contributed by atoms with E-state index in [2.05, 4.69) is 42.9 Å². The van der Waals surface area contributed by atoms with E-state index in [4.69, 9.17) is 0 Å². The number of hydrogen-bond acceptors (Lipinski definition) is 4. The molecule has 2 N–H and O–H groups in total. The molecular formula is C15H33N3O. The van der Waals surface area contributed by atoms with Crippen LogP contribution in [0.3, 0.4) is 0 Å². The molecule has 0 aromatic heterocycles. The topological polar surface area (TPSA) is 38.7 Å². The lowest BCUT2D eigenvalue weighted by molar-refractivity contribution is 0.0895. The van der Waals surface area contributed by atoms with Gasteiger partial charge in [0.25, 0.3) is 0 Å². The van der Waals surface area contributed by atoms with Crippen molar-refractivity contribution < 1.29 is 5.11 Å². The van der Waals surface area contributed by atoms with E-state index in [1.165, 1.54) is 19.6 Å². The molecule has 1 heterocycles. The first-order valence-corrected chi connectivity index (χ1v) is 7.85. The average molecular weight is 271 g/mol. The summed E-state index contributed by atoms with van der Waals surface area (Å²) < 4.78 is 0. The standard InChI is InChI=1S/C15H33N3O/c1-5-15(13-19,16-6-2)8-7-9-18-11-10-17(4)12-14(18)3/h14,16,19H,5-13H2,1-4H3. The molecular weight excluding hydrogens is 238 g/mol. The molecule has 4 heteroatoms. The van der Waals surface area contributed by atoms with Gasteiger partial charge < -0.3 is 15.3 Å². The van der Waals surface area contributed by atoms with Gasteiger partial charge in [-0.15, -0.1) is 0 Å². The van der Waals surface area contributed by atoms with Crippen molar-refractivity contribution in [3.05, 3.63) is 0 Å². The molecule has 0 aromatic rings. The first-order valence-electron chi connectivity index (χ1n) is 7.85. The second-order valence-electron chi connectivity index (χ2n) is 6.07. The quantitative estimate of drug-likeness (QED) is 0.695. The van der Waals surface area contributed by atoms with Crippen LogP contribution in [0, 0.1) is 0 Å². The Morgan fingerprint density at radius 3 is 2.58 bits per heavy atom. The number of aliphatic hydroxyl groups is 1. The van der Waals surface area contributed by atoms with Gasteiger partial charge in [-0.3, -0.25) is 4.90 Å². The SMILES string of the molecule is CCNC(CC)(CO)CCCN1CCN(C)CC1C. The molecule has 0 spiro atoms. The van der Waals surface area contributed by atoms with E-state index in [0.717, 1.165) is 32.4 Å². The van der Waals surface area contributed by atoms with E-state index in [1.807, 2.05) is 0 Å². The van der Waals surface area contributed by atoms with Gasteiger partial charge in [-0.05, 0) is 46.3 Å². The summed E-state index contributed by atoms with van der Waals surface area (Å²) in [6.07, 6.45) is 3.22. The minimum absolute atomic E-state index is 0.0649. The van der Waals surface area contributed by atoms with Crippen LogP contribution in [0.1, 0.15) is 40.0 Å². The number of rotatable bonds is 8. The molecule has 0 amide bonds. The average Bonchev–Trinajstić information content (AvgIpc) is 2.40. The van der Waals surface area contributed by atoms with E-state index < -0.39 is 0 Å². The smallest absolute Gasteiger partial charge is 0.0613 e. The first-order chi connectivity index (χ1) is 9.06. The zero-order valence-electron chi connectivity index (χ0n) is 13.3. The maximum absolute atomic E-state index is 9.65. The molecule has 0 aliphatic carbocycles. The van der Waals surface area contributed by atoms with Crippen LogP contribution in [0.15, 0.2) is 0 Å². The van der Waals surface area contributed by atoms with Crippen LogP contribution >= 0.6 is 0 Å². The summed E-state index contributed by atoms with van der Waals surface area (Å²) in [5, 5.41) is 13.1. The van der Waals surface area contributed by atoms with Crippen LogP contribution in [0.4, 0.5) is 0 Å². The van der Waals surface area contributed by atoms with Gasteiger partial charge in [0.15, 0.2) is 0 Å². The third kappa shape index (κ3) is 5.03. The lowest BCUT2D eigenvalue weighted by atomic mass is 9.91. The number of aliphatic hydroxyl groups excluding tert-OH is 1. The first kappa shape index (κ1) is 16.9. The van der Waals surface area contributed by atoms with Crippen molar-refractivity contribution in [2.24, 2.45) is 0 Å². The summed E-state index contributed by atoms with van der Waals surface area (Å²) in [6, 6.07) is 0.656. The molecule has 1 rings (SSSR count). The Morgan fingerprint density at radius 2 is 2.05 bits per heavy atom. The van der Waals surface area contributed by atoms with Crippen molar-refractivity contribution in [1.82, 2.24) is 15.1 Å². The van der Waals surface area contributed by atoms with Crippen molar-refractivity contribution in [2.45, 2.75) is 51.6 Å². The predicted octanol–water partition coefficient (Wildman–Crippen LogP) is 1.15. The number of nitrogens with zero attached hydrogens (tertiary/aromatic N) is 2.